The molecule has 1 saturated heterocycles. The van der Waals surface area contributed by atoms with Gasteiger partial charge < -0.3 is 20.3 Å². The smallest absolute Gasteiger partial charge is 0.143 e. The Kier molecular flexibility index (Phi) is 5.55. The molecule has 3 N–H and O–H groups in total. The maximum absolute atomic E-state index is 10.3. The van der Waals surface area contributed by atoms with Crippen LogP contribution in [0.4, 0.5) is 0 Å². The van der Waals surface area contributed by atoms with Crippen molar-refractivity contribution in [2.75, 3.05) is 13.2 Å². The van der Waals surface area contributed by atoms with Gasteiger partial charge in [-0.3, -0.25) is 0 Å². The highest BCUT2D eigenvalue weighted by Gasteiger charge is 2.41. The van der Waals surface area contributed by atoms with Crippen molar-refractivity contribution in [2.45, 2.75) is 23.9 Å². The minimum Gasteiger partial charge on any atom is -0.389 e. The minimum absolute atomic E-state index is 0.230. The van der Waals surface area contributed by atoms with E-state index in [9.17, 15) is 5.11 Å². The van der Waals surface area contributed by atoms with Gasteiger partial charge in [0.15, 0.2) is 0 Å². The van der Waals surface area contributed by atoms with Crippen LogP contribution in [0.25, 0.3) is 0 Å². The first-order valence-corrected chi connectivity index (χ1v) is 9.57. The summed E-state index contributed by atoms with van der Waals surface area (Å²) in [5, 5.41) is 10.3. The summed E-state index contributed by atoms with van der Waals surface area (Å²) in [6.45, 7) is 0.567. The Hall–Kier alpha value is -2.50. The highest BCUT2D eigenvalue weighted by molar-refractivity contribution is 5.47. The number of ether oxygens (including phenoxy) is 2. The standard InChI is InChI=1S/C24H25NO3/c25-21-16-27-22(23(21)26)17-28-24(18-10-4-1-5-11-18,19-12-6-2-7-13-19)20-14-8-3-9-15-20/h1-15,21-23,26H,16-17,25H2/t21-,22-,23+/m1/s1. The first kappa shape index (κ1) is 18.8. The van der Waals surface area contributed by atoms with E-state index < -0.39 is 17.8 Å². The van der Waals surface area contributed by atoms with Gasteiger partial charge in [-0.15, -0.1) is 0 Å². The van der Waals surface area contributed by atoms with E-state index in [0.717, 1.165) is 16.7 Å². The molecule has 0 unspecified atom stereocenters. The molecule has 0 aromatic heterocycles. The van der Waals surface area contributed by atoms with E-state index in [0.29, 0.717) is 6.61 Å². The predicted molar refractivity (Wildman–Crippen MR) is 109 cm³/mol. The second kappa shape index (κ2) is 8.25. The van der Waals surface area contributed by atoms with Crippen LogP contribution in [0.15, 0.2) is 91.0 Å². The number of hydrogen-bond acceptors (Lipinski definition) is 4. The quantitative estimate of drug-likeness (QED) is 0.650. The van der Waals surface area contributed by atoms with Crippen LogP contribution in [0.5, 0.6) is 0 Å². The normalized spacial score (nSPS) is 22.3. The third kappa shape index (κ3) is 3.48. The summed E-state index contributed by atoms with van der Waals surface area (Å²) in [7, 11) is 0. The molecule has 0 radical (unpaired) electrons. The lowest BCUT2D eigenvalue weighted by Gasteiger charge is -2.37. The van der Waals surface area contributed by atoms with Gasteiger partial charge in [-0.25, -0.2) is 0 Å². The Morgan fingerprint density at radius 1 is 0.821 bits per heavy atom. The molecule has 28 heavy (non-hydrogen) atoms. The molecule has 3 atom stereocenters. The Morgan fingerprint density at radius 2 is 1.25 bits per heavy atom. The van der Waals surface area contributed by atoms with Crippen molar-refractivity contribution >= 4 is 0 Å². The Morgan fingerprint density at radius 3 is 1.61 bits per heavy atom. The summed E-state index contributed by atoms with van der Waals surface area (Å²) < 4.78 is 12.3. The van der Waals surface area contributed by atoms with Crippen LogP contribution in [-0.2, 0) is 15.1 Å². The van der Waals surface area contributed by atoms with Gasteiger partial charge in [0.25, 0.3) is 0 Å². The van der Waals surface area contributed by atoms with Crippen LogP contribution < -0.4 is 5.73 Å². The molecular weight excluding hydrogens is 350 g/mol. The zero-order chi connectivity index (χ0) is 19.4. The van der Waals surface area contributed by atoms with Crippen LogP contribution in [0.3, 0.4) is 0 Å². The molecule has 1 aliphatic heterocycles. The molecule has 0 aliphatic carbocycles. The molecule has 4 heteroatoms. The average Bonchev–Trinajstić information content (AvgIpc) is 3.09. The molecule has 4 rings (SSSR count). The molecule has 1 aliphatic rings. The third-order valence-electron chi connectivity index (χ3n) is 5.33. The highest BCUT2D eigenvalue weighted by Crippen LogP contribution is 2.40. The van der Waals surface area contributed by atoms with Crippen LogP contribution in [0, 0.1) is 0 Å². The van der Waals surface area contributed by atoms with Gasteiger partial charge in [-0.2, -0.15) is 0 Å². The zero-order valence-electron chi connectivity index (χ0n) is 15.6. The number of hydrogen-bond donors (Lipinski definition) is 2. The molecule has 1 heterocycles. The molecular formula is C24H25NO3. The van der Waals surface area contributed by atoms with Gasteiger partial charge in [-0.1, -0.05) is 91.0 Å². The van der Waals surface area contributed by atoms with Gasteiger partial charge in [0.1, 0.15) is 11.7 Å². The van der Waals surface area contributed by atoms with Crippen molar-refractivity contribution in [3.05, 3.63) is 108 Å². The van der Waals surface area contributed by atoms with Crippen molar-refractivity contribution < 1.29 is 14.6 Å². The van der Waals surface area contributed by atoms with Crippen LogP contribution >= 0.6 is 0 Å². The Labute approximate surface area is 165 Å². The largest absolute Gasteiger partial charge is 0.389 e. The second-order valence-electron chi connectivity index (χ2n) is 7.12. The van der Waals surface area contributed by atoms with Gasteiger partial charge >= 0.3 is 0 Å². The number of aliphatic hydroxyl groups is 1. The van der Waals surface area contributed by atoms with Crippen LogP contribution in [-0.4, -0.2) is 36.6 Å². The molecule has 3 aromatic rings. The maximum atomic E-state index is 10.3. The van der Waals surface area contributed by atoms with Gasteiger partial charge in [0, 0.05) is 0 Å². The first-order chi connectivity index (χ1) is 13.7. The molecule has 4 nitrogen and oxygen atoms in total. The summed E-state index contributed by atoms with van der Waals surface area (Å²) >= 11 is 0. The van der Waals surface area contributed by atoms with Gasteiger partial charge in [0.2, 0.25) is 0 Å². The van der Waals surface area contributed by atoms with Crippen LogP contribution in [0.1, 0.15) is 16.7 Å². The number of aliphatic hydroxyl groups excluding tert-OH is 1. The maximum Gasteiger partial charge on any atom is 0.143 e. The number of nitrogens with two attached hydrogens (primary N) is 1. The lowest BCUT2D eigenvalue weighted by molar-refractivity contribution is -0.0700. The highest BCUT2D eigenvalue weighted by atomic mass is 16.6. The summed E-state index contributed by atoms with van der Waals surface area (Å²) in [4.78, 5) is 0. The summed E-state index contributed by atoms with van der Waals surface area (Å²) in [6.07, 6.45) is -1.19. The average molecular weight is 375 g/mol. The third-order valence-corrected chi connectivity index (χ3v) is 5.33. The SMILES string of the molecule is N[C@@H]1CO[C@H](COC(c2ccccc2)(c2ccccc2)c2ccccc2)[C@H]1O. The molecule has 0 amide bonds. The van der Waals surface area contributed by atoms with Crippen molar-refractivity contribution in [3.8, 4) is 0 Å². The molecule has 0 bridgehead atoms. The van der Waals surface area contributed by atoms with Crippen LogP contribution in [0.2, 0.25) is 0 Å². The minimum atomic E-state index is -0.820. The van der Waals surface area contributed by atoms with Crippen molar-refractivity contribution in [2.24, 2.45) is 5.73 Å². The predicted octanol–water partition coefficient (Wildman–Crippen LogP) is 3.08. The van der Waals surface area contributed by atoms with E-state index in [1.54, 1.807) is 0 Å². The van der Waals surface area contributed by atoms with E-state index in [2.05, 4.69) is 36.4 Å². The monoisotopic (exact) mass is 375 g/mol. The van der Waals surface area contributed by atoms with E-state index in [-0.39, 0.29) is 12.6 Å². The van der Waals surface area contributed by atoms with Gasteiger partial charge in [-0.05, 0) is 16.7 Å². The van der Waals surface area contributed by atoms with E-state index in [1.165, 1.54) is 0 Å². The molecule has 1 fully saturated rings. The van der Waals surface area contributed by atoms with Gasteiger partial charge in [0.05, 0.1) is 25.4 Å². The molecule has 144 valence electrons. The molecule has 0 spiro atoms. The number of rotatable bonds is 6. The Balaban J connectivity index is 1.81. The van der Waals surface area contributed by atoms with Crippen molar-refractivity contribution in [3.63, 3.8) is 0 Å². The van der Waals surface area contributed by atoms with E-state index >= 15 is 0 Å². The fraction of sp³-hybridized carbons (Fsp3) is 0.250. The molecule has 0 saturated carbocycles. The summed E-state index contributed by atoms with van der Waals surface area (Å²) in [6, 6.07) is 30.1. The second-order valence-corrected chi connectivity index (χ2v) is 7.12. The fourth-order valence-corrected chi connectivity index (χ4v) is 3.83. The Bertz CT molecular complexity index is 773. The first-order valence-electron chi connectivity index (χ1n) is 9.57. The summed E-state index contributed by atoms with van der Waals surface area (Å²) in [5.41, 5.74) is 8.14. The summed E-state index contributed by atoms with van der Waals surface area (Å²) in [5.74, 6) is 0. The lowest BCUT2D eigenvalue weighted by Crippen LogP contribution is -2.41. The lowest BCUT2D eigenvalue weighted by atomic mass is 9.80. The van der Waals surface area contributed by atoms with E-state index in [4.69, 9.17) is 15.2 Å². The number of benzene rings is 3. The van der Waals surface area contributed by atoms with Crippen molar-refractivity contribution in [1.82, 2.24) is 0 Å². The topological polar surface area (TPSA) is 64.7 Å². The molecule has 3 aromatic carbocycles. The fourth-order valence-electron chi connectivity index (χ4n) is 3.83. The van der Waals surface area contributed by atoms with E-state index in [1.807, 2.05) is 54.6 Å². The zero-order valence-corrected chi connectivity index (χ0v) is 15.6. The van der Waals surface area contributed by atoms with Crippen molar-refractivity contribution in [1.29, 1.82) is 0 Å².